The second kappa shape index (κ2) is 5.10. The maximum Gasteiger partial charge on any atom is 0.0760 e. The molecule has 0 spiro atoms. The molecule has 1 aromatic heterocycles. The van der Waals surface area contributed by atoms with Gasteiger partial charge in [0, 0.05) is 6.20 Å². The molecule has 3 heteroatoms. The fourth-order valence-corrected chi connectivity index (χ4v) is 1.90. The number of hydrogen-bond donors (Lipinski definition) is 1. The van der Waals surface area contributed by atoms with E-state index in [9.17, 15) is 0 Å². The van der Waals surface area contributed by atoms with Crippen molar-refractivity contribution in [2.24, 2.45) is 5.73 Å². The largest absolute Gasteiger partial charge is 0.322 e. The van der Waals surface area contributed by atoms with Gasteiger partial charge in [0.2, 0.25) is 0 Å². The van der Waals surface area contributed by atoms with Crippen molar-refractivity contribution in [3.63, 3.8) is 0 Å². The van der Waals surface area contributed by atoms with Crippen LogP contribution in [0.15, 0.2) is 48.7 Å². The highest BCUT2D eigenvalue weighted by atomic mass is 35.5. The molecule has 0 fully saturated rings. The molecule has 0 aliphatic carbocycles. The van der Waals surface area contributed by atoms with Crippen molar-refractivity contribution < 1.29 is 0 Å². The fraction of sp³-hybridized carbons (Fsp3) is 0.154. The minimum absolute atomic E-state index is 0.156. The van der Waals surface area contributed by atoms with Crippen molar-refractivity contribution in [2.75, 3.05) is 0 Å². The lowest BCUT2D eigenvalue weighted by molar-refractivity contribution is 0.697. The van der Waals surface area contributed by atoms with E-state index in [4.69, 9.17) is 17.3 Å². The molecule has 2 N–H and O–H groups in total. The van der Waals surface area contributed by atoms with Gasteiger partial charge in [-0.15, -0.1) is 0 Å². The van der Waals surface area contributed by atoms with Gasteiger partial charge in [-0.1, -0.05) is 41.9 Å². The molecule has 1 atom stereocenters. The molecule has 0 amide bonds. The van der Waals surface area contributed by atoms with E-state index in [0.29, 0.717) is 5.02 Å². The van der Waals surface area contributed by atoms with E-state index in [1.165, 1.54) is 5.56 Å². The van der Waals surface area contributed by atoms with Crippen LogP contribution in [-0.2, 0) is 6.42 Å². The number of hydrogen-bond acceptors (Lipinski definition) is 2. The highest BCUT2D eigenvalue weighted by Gasteiger charge is 2.11. The summed E-state index contributed by atoms with van der Waals surface area (Å²) in [6.07, 6.45) is 2.46. The minimum atomic E-state index is -0.156. The molecule has 16 heavy (non-hydrogen) atoms. The maximum absolute atomic E-state index is 6.08. The SMILES string of the molecule is NC(Cc1ccccc1)c1ncccc1Cl. The average Bonchev–Trinajstić information content (AvgIpc) is 2.31. The summed E-state index contributed by atoms with van der Waals surface area (Å²) < 4.78 is 0. The van der Waals surface area contributed by atoms with Crippen molar-refractivity contribution in [2.45, 2.75) is 12.5 Å². The Balaban J connectivity index is 2.15. The number of nitrogens with two attached hydrogens (primary N) is 1. The van der Waals surface area contributed by atoms with Gasteiger partial charge in [-0.05, 0) is 24.1 Å². The molecule has 0 aliphatic rings. The van der Waals surface area contributed by atoms with Crippen molar-refractivity contribution in [1.82, 2.24) is 4.98 Å². The molecule has 0 saturated carbocycles. The summed E-state index contributed by atoms with van der Waals surface area (Å²) in [6, 6.07) is 13.6. The number of pyridine rings is 1. The zero-order valence-corrected chi connectivity index (χ0v) is 9.56. The van der Waals surface area contributed by atoms with Gasteiger partial charge in [-0.2, -0.15) is 0 Å². The summed E-state index contributed by atoms with van der Waals surface area (Å²) in [6.45, 7) is 0. The second-order valence-electron chi connectivity index (χ2n) is 3.67. The number of aromatic nitrogens is 1. The molecule has 2 rings (SSSR count). The van der Waals surface area contributed by atoms with Crippen LogP contribution in [0.3, 0.4) is 0 Å². The maximum atomic E-state index is 6.08. The Kier molecular flexibility index (Phi) is 3.54. The normalized spacial score (nSPS) is 12.4. The molecule has 82 valence electrons. The van der Waals surface area contributed by atoms with E-state index in [-0.39, 0.29) is 6.04 Å². The van der Waals surface area contributed by atoms with Gasteiger partial charge in [0.25, 0.3) is 0 Å². The Morgan fingerprint density at radius 3 is 2.56 bits per heavy atom. The van der Waals surface area contributed by atoms with E-state index in [1.54, 1.807) is 12.3 Å². The van der Waals surface area contributed by atoms with Crippen LogP contribution >= 0.6 is 11.6 Å². The van der Waals surface area contributed by atoms with Crippen LogP contribution in [0.2, 0.25) is 5.02 Å². The van der Waals surface area contributed by atoms with Crippen LogP contribution in [0.25, 0.3) is 0 Å². The van der Waals surface area contributed by atoms with E-state index in [1.807, 2.05) is 24.3 Å². The Bertz CT molecular complexity index is 456. The second-order valence-corrected chi connectivity index (χ2v) is 4.07. The topological polar surface area (TPSA) is 38.9 Å². The van der Waals surface area contributed by atoms with Crippen molar-refractivity contribution in [3.8, 4) is 0 Å². The summed E-state index contributed by atoms with van der Waals surface area (Å²) in [7, 11) is 0. The molecule has 1 aromatic carbocycles. The third-order valence-electron chi connectivity index (χ3n) is 2.44. The van der Waals surface area contributed by atoms with Crippen LogP contribution in [0.5, 0.6) is 0 Å². The number of halogens is 1. The Morgan fingerprint density at radius 2 is 1.88 bits per heavy atom. The lowest BCUT2D eigenvalue weighted by atomic mass is 10.0. The van der Waals surface area contributed by atoms with Gasteiger partial charge in [-0.25, -0.2) is 0 Å². The van der Waals surface area contributed by atoms with Crippen molar-refractivity contribution in [3.05, 3.63) is 64.9 Å². The molecule has 1 unspecified atom stereocenters. The van der Waals surface area contributed by atoms with E-state index >= 15 is 0 Å². The zero-order chi connectivity index (χ0) is 11.4. The smallest absolute Gasteiger partial charge is 0.0760 e. The van der Waals surface area contributed by atoms with Crippen LogP contribution in [0.4, 0.5) is 0 Å². The molecule has 2 nitrogen and oxygen atoms in total. The number of nitrogens with zero attached hydrogens (tertiary/aromatic N) is 1. The van der Waals surface area contributed by atoms with Gasteiger partial charge in [0.05, 0.1) is 16.8 Å². The first-order valence-corrected chi connectivity index (χ1v) is 5.55. The van der Waals surface area contributed by atoms with Crippen LogP contribution in [0, 0.1) is 0 Å². The predicted octanol–water partition coefficient (Wildman–Crippen LogP) is 2.98. The van der Waals surface area contributed by atoms with Crippen LogP contribution in [0.1, 0.15) is 17.3 Å². The molecular formula is C13H13ClN2. The van der Waals surface area contributed by atoms with Crippen molar-refractivity contribution >= 4 is 11.6 Å². The van der Waals surface area contributed by atoms with E-state index in [2.05, 4.69) is 17.1 Å². The van der Waals surface area contributed by atoms with Crippen LogP contribution in [-0.4, -0.2) is 4.98 Å². The fourth-order valence-electron chi connectivity index (χ4n) is 1.64. The zero-order valence-electron chi connectivity index (χ0n) is 8.81. The summed E-state index contributed by atoms with van der Waals surface area (Å²) in [5.41, 5.74) is 8.03. The molecule has 1 heterocycles. The molecule has 0 radical (unpaired) electrons. The lowest BCUT2D eigenvalue weighted by Crippen LogP contribution is -2.15. The minimum Gasteiger partial charge on any atom is -0.322 e. The van der Waals surface area contributed by atoms with Gasteiger partial charge in [0.1, 0.15) is 0 Å². The van der Waals surface area contributed by atoms with Gasteiger partial charge < -0.3 is 5.73 Å². The molecule has 0 saturated heterocycles. The predicted molar refractivity (Wildman–Crippen MR) is 66.3 cm³/mol. The molecular weight excluding hydrogens is 220 g/mol. The third kappa shape index (κ3) is 2.60. The van der Waals surface area contributed by atoms with Gasteiger partial charge in [-0.3, -0.25) is 4.98 Å². The van der Waals surface area contributed by atoms with E-state index < -0.39 is 0 Å². The monoisotopic (exact) mass is 232 g/mol. The summed E-state index contributed by atoms with van der Waals surface area (Å²) >= 11 is 6.04. The van der Waals surface area contributed by atoms with Crippen LogP contribution < -0.4 is 5.73 Å². The highest BCUT2D eigenvalue weighted by molar-refractivity contribution is 6.31. The van der Waals surface area contributed by atoms with Crippen molar-refractivity contribution in [1.29, 1.82) is 0 Å². The Morgan fingerprint density at radius 1 is 1.12 bits per heavy atom. The van der Waals surface area contributed by atoms with Gasteiger partial charge >= 0.3 is 0 Å². The quantitative estimate of drug-likeness (QED) is 0.884. The molecule has 0 aliphatic heterocycles. The highest BCUT2D eigenvalue weighted by Crippen LogP contribution is 2.21. The first-order valence-electron chi connectivity index (χ1n) is 5.17. The summed E-state index contributed by atoms with van der Waals surface area (Å²) in [5, 5.41) is 0.630. The first kappa shape index (κ1) is 11.1. The average molecular weight is 233 g/mol. The number of benzene rings is 1. The lowest BCUT2D eigenvalue weighted by Gasteiger charge is -2.12. The third-order valence-corrected chi connectivity index (χ3v) is 2.76. The Labute approximate surface area is 100 Å². The Hall–Kier alpha value is -1.38. The van der Waals surface area contributed by atoms with Gasteiger partial charge in [0.15, 0.2) is 0 Å². The molecule has 2 aromatic rings. The standard InChI is InChI=1S/C13H13ClN2/c14-11-7-4-8-16-13(11)12(15)9-10-5-2-1-3-6-10/h1-8,12H,9,15H2. The molecule has 0 bridgehead atoms. The number of rotatable bonds is 3. The summed E-state index contributed by atoms with van der Waals surface area (Å²) in [4.78, 5) is 4.22. The first-order chi connectivity index (χ1) is 7.77. The summed E-state index contributed by atoms with van der Waals surface area (Å²) in [5.74, 6) is 0. The van der Waals surface area contributed by atoms with E-state index in [0.717, 1.165) is 12.1 Å².